The summed E-state index contributed by atoms with van der Waals surface area (Å²) in [5.41, 5.74) is 0. The lowest BCUT2D eigenvalue weighted by atomic mass is 9.79. The molecule has 2 fully saturated rings. The molecule has 0 bridgehead atoms. The Balaban J connectivity index is 1.77. The predicted octanol–water partition coefficient (Wildman–Crippen LogP) is 1.29. The maximum Gasteiger partial charge on any atom is 0.220 e. The van der Waals surface area contributed by atoms with Crippen LogP contribution in [0.3, 0.4) is 0 Å². The Morgan fingerprint density at radius 2 is 2.13 bits per heavy atom. The molecule has 1 saturated carbocycles. The van der Waals surface area contributed by atoms with Gasteiger partial charge in [0.05, 0.1) is 0 Å². The van der Waals surface area contributed by atoms with Gasteiger partial charge in [-0.05, 0) is 50.6 Å². The van der Waals surface area contributed by atoms with E-state index in [1.807, 2.05) is 0 Å². The van der Waals surface area contributed by atoms with Crippen molar-refractivity contribution < 1.29 is 4.79 Å². The third kappa shape index (κ3) is 2.71. The first-order valence-corrected chi connectivity index (χ1v) is 6.29. The topological polar surface area (TPSA) is 41.1 Å². The lowest BCUT2D eigenvalue weighted by Crippen LogP contribution is -2.40. The highest BCUT2D eigenvalue weighted by Gasteiger charge is 2.33. The summed E-state index contributed by atoms with van der Waals surface area (Å²) >= 11 is 0. The van der Waals surface area contributed by atoms with E-state index in [9.17, 15) is 4.79 Å². The Morgan fingerprint density at radius 1 is 1.33 bits per heavy atom. The maximum absolute atomic E-state index is 11.5. The van der Waals surface area contributed by atoms with E-state index in [0.29, 0.717) is 12.5 Å². The van der Waals surface area contributed by atoms with Gasteiger partial charge in [-0.3, -0.25) is 4.79 Å². The number of carbonyl (C=O) groups is 1. The normalized spacial score (nSPS) is 34.9. The van der Waals surface area contributed by atoms with Gasteiger partial charge in [0.2, 0.25) is 5.91 Å². The molecule has 86 valence electrons. The fourth-order valence-electron chi connectivity index (χ4n) is 2.96. The van der Waals surface area contributed by atoms with E-state index in [2.05, 4.69) is 17.6 Å². The SMILES string of the molecule is CCCC(=O)NC1CC[C@H]2CNC[C@H]2C1. The van der Waals surface area contributed by atoms with E-state index in [-0.39, 0.29) is 5.91 Å². The van der Waals surface area contributed by atoms with Crippen molar-refractivity contribution in [2.24, 2.45) is 11.8 Å². The van der Waals surface area contributed by atoms with E-state index in [1.54, 1.807) is 0 Å². The van der Waals surface area contributed by atoms with Crippen molar-refractivity contribution in [2.45, 2.75) is 45.1 Å². The standard InChI is InChI=1S/C12H22N2O/c1-2-3-12(15)14-11-5-4-9-7-13-8-10(9)6-11/h9-11,13H,2-8H2,1H3,(H,14,15)/t9-,10+,11?/m0/s1. The minimum Gasteiger partial charge on any atom is -0.353 e. The number of fused-ring (bicyclic) bond motifs is 1. The van der Waals surface area contributed by atoms with Crippen LogP contribution in [0.2, 0.25) is 0 Å². The first-order valence-electron chi connectivity index (χ1n) is 6.29. The Bertz CT molecular complexity index is 230. The molecule has 1 aliphatic heterocycles. The third-order valence-corrected chi connectivity index (χ3v) is 3.80. The first-order chi connectivity index (χ1) is 7.29. The molecular weight excluding hydrogens is 188 g/mol. The van der Waals surface area contributed by atoms with Gasteiger partial charge in [-0.15, -0.1) is 0 Å². The number of hydrogen-bond donors (Lipinski definition) is 2. The molecule has 0 aromatic carbocycles. The summed E-state index contributed by atoms with van der Waals surface area (Å²) in [5, 5.41) is 6.62. The Labute approximate surface area is 92.0 Å². The van der Waals surface area contributed by atoms with Gasteiger partial charge in [-0.25, -0.2) is 0 Å². The second kappa shape index (κ2) is 4.97. The molecular formula is C12H22N2O. The van der Waals surface area contributed by atoms with Crippen LogP contribution in [0.5, 0.6) is 0 Å². The van der Waals surface area contributed by atoms with E-state index in [1.165, 1.54) is 25.8 Å². The van der Waals surface area contributed by atoms with Gasteiger partial charge < -0.3 is 10.6 Å². The molecule has 3 heteroatoms. The largest absolute Gasteiger partial charge is 0.353 e. The van der Waals surface area contributed by atoms with Crippen molar-refractivity contribution in [3.05, 3.63) is 0 Å². The summed E-state index contributed by atoms with van der Waals surface area (Å²) in [6, 6.07) is 0.449. The van der Waals surface area contributed by atoms with Gasteiger partial charge in [-0.2, -0.15) is 0 Å². The van der Waals surface area contributed by atoms with Crippen molar-refractivity contribution >= 4 is 5.91 Å². The number of rotatable bonds is 3. The van der Waals surface area contributed by atoms with Crippen LogP contribution in [0.25, 0.3) is 0 Å². The minimum atomic E-state index is 0.243. The molecule has 1 heterocycles. The molecule has 15 heavy (non-hydrogen) atoms. The van der Waals surface area contributed by atoms with Crippen LogP contribution in [0.4, 0.5) is 0 Å². The molecule has 1 amide bonds. The monoisotopic (exact) mass is 210 g/mol. The van der Waals surface area contributed by atoms with Crippen LogP contribution in [-0.2, 0) is 4.79 Å². The molecule has 0 spiro atoms. The second-order valence-corrected chi connectivity index (χ2v) is 5.01. The molecule has 2 rings (SSSR count). The number of hydrogen-bond acceptors (Lipinski definition) is 2. The fraction of sp³-hybridized carbons (Fsp3) is 0.917. The summed E-state index contributed by atoms with van der Waals surface area (Å²) in [7, 11) is 0. The van der Waals surface area contributed by atoms with Crippen LogP contribution in [0.1, 0.15) is 39.0 Å². The van der Waals surface area contributed by atoms with Crippen molar-refractivity contribution in [1.82, 2.24) is 10.6 Å². The van der Waals surface area contributed by atoms with Crippen LogP contribution in [0, 0.1) is 11.8 Å². The fourth-order valence-corrected chi connectivity index (χ4v) is 2.96. The Hall–Kier alpha value is -0.570. The Kier molecular flexibility index (Phi) is 3.62. The van der Waals surface area contributed by atoms with Crippen molar-refractivity contribution in [3.8, 4) is 0 Å². The summed E-state index contributed by atoms with van der Waals surface area (Å²) in [6.07, 6.45) is 5.29. The summed E-state index contributed by atoms with van der Waals surface area (Å²) in [4.78, 5) is 11.5. The molecule has 3 atom stereocenters. The number of nitrogens with one attached hydrogen (secondary N) is 2. The molecule has 3 nitrogen and oxygen atoms in total. The van der Waals surface area contributed by atoms with Gasteiger partial charge in [0.1, 0.15) is 0 Å². The van der Waals surface area contributed by atoms with Crippen LogP contribution < -0.4 is 10.6 Å². The molecule has 1 aliphatic carbocycles. The van der Waals surface area contributed by atoms with Crippen LogP contribution in [-0.4, -0.2) is 25.0 Å². The highest BCUT2D eigenvalue weighted by Crippen LogP contribution is 2.32. The highest BCUT2D eigenvalue weighted by molar-refractivity contribution is 5.76. The van der Waals surface area contributed by atoms with Gasteiger partial charge in [-0.1, -0.05) is 6.92 Å². The molecule has 1 unspecified atom stereocenters. The zero-order valence-electron chi connectivity index (χ0n) is 9.59. The molecule has 2 N–H and O–H groups in total. The zero-order valence-corrected chi connectivity index (χ0v) is 9.59. The zero-order chi connectivity index (χ0) is 10.7. The van der Waals surface area contributed by atoms with Gasteiger partial charge >= 0.3 is 0 Å². The molecule has 0 aromatic rings. The number of carbonyl (C=O) groups excluding carboxylic acids is 1. The highest BCUT2D eigenvalue weighted by atomic mass is 16.1. The Morgan fingerprint density at radius 3 is 2.93 bits per heavy atom. The molecule has 2 aliphatic rings. The van der Waals surface area contributed by atoms with Crippen LogP contribution in [0.15, 0.2) is 0 Å². The van der Waals surface area contributed by atoms with E-state index >= 15 is 0 Å². The molecule has 0 radical (unpaired) electrons. The lowest BCUT2D eigenvalue weighted by molar-refractivity contribution is -0.122. The molecule has 1 saturated heterocycles. The maximum atomic E-state index is 11.5. The second-order valence-electron chi connectivity index (χ2n) is 5.01. The summed E-state index contributed by atoms with van der Waals surface area (Å²) < 4.78 is 0. The quantitative estimate of drug-likeness (QED) is 0.737. The average Bonchev–Trinajstić information content (AvgIpc) is 2.65. The van der Waals surface area contributed by atoms with E-state index in [0.717, 1.165) is 24.8 Å². The van der Waals surface area contributed by atoms with Crippen LogP contribution >= 0.6 is 0 Å². The van der Waals surface area contributed by atoms with Crippen molar-refractivity contribution in [1.29, 1.82) is 0 Å². The summed E-state index contributed by atoms with van der Waals surface area (Å²) in [5.74, 6) is 1.93. The minimum absolute atomic E-state index is 0.243. The lowest BCUT2D eigenvalue weighted by Gasteiger charge is -2.31. The molecule has 0 aromatic heterocycles. The average molecular weight is 210 g/mol. The van der Waals surface area contributed by atoms with Crippen molar-refractivity contribution in [3.63, 3.8) is 0 Å². The first kappa shape index (κ1) is 10.9. The van der Waals surface area contributed by atoms with E-state index in [4.69, 9.17) is 0 Å². The van der Waals surface area contributed by atoms with Crippen molar-refractivity contribution in [2.75, 3.05) is 13.1 Å². The van der Waals surface area contributed by atoms with Gasteiger partial charge in [0, 0.05) is 12.5 Å². The summed E-state index contributed by atoms with van der Waals surface area (Å²) in [6.45, 7) is 4.41. The van der Waals surface area contributed by atoms with Gasteiger partial charge in [0.25, 0.3) is 0 Å². The third-order valence-electron chi connectivity index (χ3n) is 3.80. The number of amides is 1. The van der Waals surface area contributed by atoms with E-state index < -0.39 is 0 Å². The smallest absolute Gasteiger partial charge is 0.220 e. The predicted molar refractivity (Wildman–Crippen MR) is 60.5 cm³/mol. The van der Waals surface area contributed by atoms with Gasteiger partial charge in [0.15, 0.2) is 0 Å².